The largest absolute Gasteiger partial charge is 0.349 e. The monoisotopic (exact) mass is 384 g/mol. The highest BCUT2D eigenvalue weighted by atomic mass is 16.2. The van der Waals surface area contributed by atoms with Crippen LogP contribution in [0.4, 0.5) is 0 Å². The summed E-state index contributed by atoms with van der Waals surface area (Å²) in [6.45, 7) is 8.39. The molecule has 0 bridgehead atoms. The normalized spacial score (nSPS) is 19.9. The second kappa shape index (κ2) is 7.73. The number of para-hydroxylation sites is 1. The summed E-state index contributed by atoms with van der Waals surface area (Å²) in [7, 11) is 2.23. The van der Waals surface area contributed by atoms with Gasteiger partial charge in [0.15, 0.2) is 5.65 Å². The van der Waals surface area contributed by atoms with Crippen LogP contribution in [0.2, 0.25) is 0 Å². The summed E-state index contributed by atoms with van der Waals surface area (Å²) < 4.78 is 3.76. The minimum absolute atomic E-state index is 0.0279. The van der Waals surface area contributed by atoms with E-state index >= 15 is 0 Å². The highest BCUT2D eigenvalue weighted by molar-refractivity contribution is 5.93. The van der Waals surface area contributed by atoms with E-state index in [0.29, 0.717) is 12.2 Å². The van der Waals surface area contributed by atoms with Gasteiger partial charge in [-0.25, -0.2) is 4.52 Å². The number of amides is 1. The Morgan fingerprint density at radius 1 is 1.21 bits per heavy atom. The van der Waals surface area contributed by atoms with E-state index in [9.17, 15) is 9.59 Å². The maximum Gasteiger partial charge on any atom is 0.273 e. The zero-order chi connectivity index (χ0) is 19.7. The summed E-state index contributed by atoms with van der Waals surface area (Å²) in [5.41, 5.74) is 1.99. The third-order valence-electron chi connectivity index (χ3n) is 5.65. The summed E-state index contributed by atoms with van der Waals surface area (Å²) in [4.78, 5) is 31.8. The number of quaternary nitrogens is 2. The van der Waals surface area contributed by atoms with E-state index in [1.807, 2.05) is 40.4 Å². The summed E-state index contributed by atoms with van der Waals surface area (Å²) in [5.74, 6) is -0.0279. The summed E-state index contributed by atoms with van der Waals surface area (Å²) in [5, 5.41) is 3.93. The molecule has 0 saturated carbocycles. The Morgan fingerprint density at radius 2 is 1.96 bits per heavy atom. The lowest BCUT2D eigenvalue weighted by Crippen LogP contribution is -3.27. The van der Waals surface area contributed by atoms with Crippen LogP contribution in [0.3, 0.4) is 0 Å². The van der Waals surface area contributed by atoms with Gasteiger partial charge in [-0.15, -0.1) is 0 Å². The molecule has 148 valence electrons. The Hall–Kier alpha value is -2.71. The molecule has 1 amide bonds. The average Bonchev–Trinajstić information content (AvgIpc) is 2.97. The van der Waals surface area contributed by atoms with Gasteiger partial charge in [0.05, 0.1) is 25.7 Å². The molecule has 0 radical (unpaired) electrons. The standard InChI is InChI=1S/C20H26N6O2/c1-15-13-18(27)22-20-16-5-3-4-6-17(16)25(26(15)20)14-19(28)21-7-8-24-11-9-23(2)10-12-24/h3-6,13H,7-12,14H2,1-2H3,(H,21,28)/p+2. The number of hydrogen-bond acceptors (Lipinski definition) is 3. The minimum atomic E-state index is -0.262. The molecule has 0 spiro atoms. The Bertz CT molecular complexity index is 1060. The Morgan fingerprint density at radius 3 is 2.75 bits per heavy atom. The Labute approximate surface area is 163 Å². The molecular weight excluding hydrogens is 356 g/mol. The first-order chi connectivity index (χ1) is 13.5. The molecule has 28 heavy (non-hydrogen) atoms. The number of rotatable bonds is 5. The quantitative estimate of drug-likeness (QED) is 0.455. The molecule has 1 aliphatic rings. The Balaban J connectivity index is 1.51. The lowest BCUT2D eigenvalue weighted by Gasteiger charge is -2.27. The van der Waals surface area contributed by atoms with Crippen LogP contribution in [-0.2, 0) is 11.3 Å². The van der Waals surface area contributed by atoms with Crippen molar-refractivity contribution in [2.24, 2.45) is 0 Å². The molecule has 1 aliphatic heterocycles. The molecule has 2 aromatic heterocycles. The number of carbonyl (C=O) groups is 1. The van der Waals surface area contributed by atoms with Crippen LogP contribution in [0.1, 0.15) is 5.69 Å². The van der Waals surface area contributed by atoms with Crippen LogP contribution in [0.25, 0.3) is 16.6 Å². The van der Waals surface area contributed by atoms with Crippen molar-refractivity contribution in [3.63, 3.8) is 0 Å². The molecule has 1 fully saturated rings. The average molecular weight is 384 g/mol. The van der Waals surface area contributed by atoms with Crippen LogP contribution in [0.15, 0.2) is 35.1 Å². The van der Waals surface area contributed by atoms with E-state index in [1.54, 1.807) is 9.80 Å². The lowest BCUT2D eigenvalue weighted by atomic mass is 10.2. The van der Waals surface area contributed by atoms with Gasteiger partial charge in [-0.3, -0.25) is 14.3 Å². The van der Waals surface area contributed by atoms with Crippen molar-refractivity contribution >= 4 is 22.5 Å². The number of fused-ring (bicyclic) bond motifs is 3. The second-order valence-corrected chi connectivity index (χ2v) is 7.75. The number of nitrogens with zero attached hydrogens (tertiary/aromatic N) is 3. The third-order valence-corrected chi connectivity index (χ3v) is 5.65. The van der Waals surface area contributed by atoms with E-state index in [-0.39, 0.29) is 18.0 Å². The molecule has 3 heterocycles. The zero-order valence-corrected chi connectivity index (χ0v) is 16.5. The van der Waals surface area contributed by atoms with Gasteiger partial charge in [0.25, 0.3) is 5.56 Å². The minimum Gasteiger partial charge on any atom is -0.349 e. The van der Waals surface area contributed by atoms with Crippen LogP contribution in [0.5, 0.6) is 0 Å². The van der Waals surface area contributed by atoms with Crippen molar-refractivity contribution in [3.8, 4) is 0 Å². The van der Waals surface area contributed by atoms with Gasteiger partial charge in [0.2, 0.25) is 5.91 Å². The van der Waals surface area contributed by atoms with Gasteiger partial charge in [-0.2, -0.15) is 4.98 Å². The maximum atomic E-state index is 12.6. The van der Waals surface area contributed by atoms with E-state index in [1.165, 1.54) is 19.2 Å². The number of likely N-dealkylation sites (N-methyl/N-ethyl adjacent to an activating group) is 1. The number of piperazine rings is 1. The number of hydrogen-bond donors (Lipinski definition) is 3. The first-order valence-electron chi connectivity index (χ1n) is 9.92. The van der Waals surface area contributed by atoms with Crippen molar-refractivity contribution in [1.82, 2.24) is 19.5 Å². The highest BCUT2D eigenvalue weighted by Gasteiger charge is 2.20. The predicted molar refractivity (Wildman–Crippen MR) is 107 cm³/mol. The van der Waals surface area contributed by atoms with Gasteiger partial charge in [-0.1, -0.05) is 12.1 Å². The molecule has 0 unspecified atom stereocenters. The lowest BCUT2D eigenvalue weighted by molar-refractivity contribution is -1.00. The van der Waals surface area contributed by atoms with E-state index in [4.69, 9.17) is 0 Å². The van der Waals surface area contributed by atoms with Crippen LogP contribution in [-0.4, -0.2) is 66.4 Å². The summed E-state index contributed by atoms with van der Waals surface area (Å²) in [6.07, 6.45) is 0. The number of aromatic nitrogens is 3. The van der Waals surface area contributed by atoms with Gasteiger partial charge in [0, 0.05) is 17.1 Å². The van der Waals surface area contributed by atoms with E-state index < -0.39 is 0 Å². The smallest absolute Gasteiger partial charge is 0.273 e. The van der Waals surface area contributed by atoms with Crippen molar-refractivity contribution in [1.29, 1.82) is 0 Å². The van der Waals surface area contributed by atoms with Crippen molar-refractivity contribution < 1.29 is 14.6 Å². The molecule has 1 aromatic carbocycles. The van der Waals surface area contributed by atoms with Crippen LogP contribution < -0.4 is 20.7 Å². The third kappa shape index (κ3) is 3.65. The molecule has 3 N–H and O–H groups in total. The van der Waals surface area contributed by atoms with Crippen molar-refractivity contribution in [3.05, 3.63) is 46.4 Å². The molecule has 4 rings (SSSR count). The van der Waals surface area contributed by atoms with Gasteiger partial charge in [0.1, 0.15) is 32.7 Å². The summed E-state index contributed by atoms with van der Waals surface area (Å²) >= 11 is 0. The fourth-order valence-corrected chi connectivity index (χ4v) is 4.07. The van der Waals surface area contributed by atoms with Crippen LogP contribution >= 0.6 is 0 Å². The fourth-order valence-electron chi connectivity index (χ4n) is 4.07. The Kier molecular flexibility index (Phi) is 5.15. The zero-order valence-electron chi connectivity index (χ0n) is 16.5. The second-order valence-electron chi connectivity index (χ2n) is 7.75. The topological polar surface area (TPSA) is 77.3 Å². The van der Waals surface area contributed by atoms with Crippen molar-refractivity contribution in [2.45, 2.75) is 13.5 Å². The first-order valence-corrected chi connectivity index (χ1v) is 9.92. The summed E-state index contributed by atoms with van der Waals surface area (Å²) in [6, 6.07) is 9.24. The molecule has 8 heteroatoms. The van der Waals surface area contributed by atoms with Gasteiger partial charge in [-0.05, 0) is 19.1 Å². The number of carbonyl (C=O) groups excluding carboxylic acids is 1. The van der Waals surface area contributed by atoms with E-state index in [0.717, 1.165) is 36.2 Å². The first kappa shape index (κ1) is 18.6. The molecular formula is C20H28N6O2+2. The molecule has 8 nitrogen and oxygen atoms in total. The SMILES string of the molecule is Cc1cc(=O)nc2c3ccccc3n(CC(=O)NCC[NH+]3CC[NH+](C)CC3)n12. The molecule has 0 atom stereocenters. The molecule has 3 aromatic rings. The van der Waals surface area contributed by atoms with Crippen LogP contribution in [0, 0.1) is 6.92 Å². The molecule has 0 aliphatic carbocycles. The predicted octanol–water partition coefficient (Wildman–Crippen LogP) is -2.51. The van der Waals surface area contributed by atoms with E-state index in [2.05, 4.69) is 17.3 Å². The van der Waals surface area contributed by atoms with Crippen molar-refractivity contribution in [2.75, 3.05) is 46.3 Å². The number of benzene rings is 1. The van der Waals surface area contributed by atoms with Gasteiger partial charge >= 0.3 is 0 Å². The highest BCUT2D eigenvalue weighted by Crippen LogP contribution is 2.21. The fraction of sp³-hybridized carbons (Fsp3) is 0.450. The number of aryl methyl sites for hydroxylation is 1. The van der Waals surface area contributed by atoms with Gasteiger partial charge < -0.3 is 15.1 Å². The molecule has 1 saturated heterocycles. The maximum absolute atomic E-state index is 12.6. The number of nitrogens with one attached hydrogen (secondary N) is 3.